The first-order valence-electron chi connectivity index (χ1n) is 11.8. The predicted octanol–water partition coefficient (Wildman–Crippen LogP) is 4.23. The Morgan fingerprint density at radius 3 is 2.59 bits per heavy atom. The Hall–Kier alpha value is -4.03. The van der Waals surface area contributed by atoms with Crippen molar-refractivity contribution in [2.45, 2.75) is 44.8 Å². The molecule has 0 spiro atoms. The maximum Gasteiger partial charge on any atom is 0.267 e. The third-order valence-corrected chi connectivity index (χ3v) is 6.80. The van der Waals surface area contributed by atoms with E-state index in [0.29, 0.717) is 5.65 Å². The molecule has 1 aromatic carbocycles. The first-order valence-corrected chi connectivity index (χ1v) is 11.8. The normalized spacial score (nSPS) is 19.9. The van der Waals surface area contributed by atoms with Crippen molar-refractivity contribution in [3.63, 3.8) is 0 Å². The first-order chi connectivity index (χ1) is 17.7. The molecule has 9 nitrogen and oxygen atoms in total. The van der Waals surface area contributed by atoms with Crippen molar-refractivity contribution in [2.24, 2.45) is 11.8 Å². The Morgan fingerprint density at radius 2 is 1.95 bits per heavy atom. The molecule has 2 amide bonds. The van der Waals surface area contributed by atoms with Gasteiger partial charge in [-0.15, -0.1) is 0 Å². The monoisotopic (exact) mass is 515 g/mol. The number of imidazole rings is 1. The van der Waals surface area contributed by atoms with Gasteiger partial charge in [0.05, 0.1) is 47.3 Å². The van der Waals surface area contributed by atoms with E-state index in [1.54, 1.807) is 0 Å². The molecule has 4 aromatic rings. The minimum absolute atomic E-state index is 0.0310. The van der Waals surface area contributed by atoms with Crippen molar-refractivity contribution in [1.29, 1.82) is 0 Å². The zero-order chi connectivity index (χ0) is 26.0. The summed E-state index contributed by atoms with van der Waals surface area (Å²) in [5.74, 6) is -2.65. The van der Waals surface area contributed by atoms with Crippen LogP contribution in [0.3, 0.4) is 0 Å². The first kappa shape index (κ1) is 23.4. The lowest BCUT2D eigenvalue weighted by molar-refractivity contribution is -0.120. The van der Waals surface area contributed by atoms with Gasteiger partial charge in [-0.05, 0) is 25.2 Å². The number of alkyl halides is 3. The number of halogens is 4. The zero-order valence-corrected chi connectivity index (χ0v) is 19.4. The summed E-state index contributed by atoms with van der Waals surface area (Å²) < 4.78 is 59.4. The number of benzene rings is 1. The Bertz CT molecular complexity index is 1560. The van der Waals surface area contributed by atoms with Crippen LogP contribution in [-0.2, 0) is 9.59 Å². The average molecular weight is 515 g/mol. The van der Waals surface area contributed by atoms with Crippen LogP contribution in [0.15, 0.2) is 24.8 Å². The van der Waals surface area contributed by atoms with Gasteiger partial charge in [-0.25, -0.2) is 22.5 Å². The van der Waals surface area contributed by atoms with Crippen LogP contribution in [0.1, 0.15) is 49.8 Å². The lowest BCUT2D eigenvalue weighted by atomic mass is 9.91. The molecule has 0 saturated heterocycles. The number of fused-ring (bicyclic) bond motifs is 2. The highest BCUT2D eigenvalue weighted by Gasteiger charge is 2.44. The predicted molar refractivity (Wildman–Crippen MR) is 124 cm³/mol. The van der Waals surface area contributed by atoms with Gasteiger partial charge in [0.15, 0.2) is 11.5 Å². The molecular formula is C24H21F4N7O2. The van der Waals surface area contributed by atoms with Gasteiger partial charge >= 0.3 is 0 Å². The fourth-order valence-corrected chi connectivity index (χ4v) is 4.78. The maximum absolute atomic E-state index is 15.9. The number of carbonyl (C=O) groups is 2. The Morgan fingerprint density at radius 1 is 1.19 bits per heavy atom. The van der Waals surface area contributed by atoms with Crippen LogP contribution in [-0.4, -0.2) is 42.6 Å². The van der Waals surface area contributed by atoms with Gasteiger partial charge in [0.25, 0.3) is 6.43 Å². The zero-order valence-electron chi connectivity index (χ0n) is 19.4. The maximum atomic E-state index is 15.9. The molecule has 13 heteroatoms. The molecule has 2 fully saturated rings. The van der Waals surface area contributed by atoms with Gasteiger partial charge < -0.3 is 15.0 Å². The molecule has 6 rings (SSSR count). The molecular weight excluding hydrogens is 494 g/mol. The molecule has 2 aliphatic carbocycles. The SMILES string of the molecule is CC(=O)NC(c1c(F)c(C(F)F)c(-c2cn3cc(NC(=O)C4CC4F)nc3cn2)c2cn[nH]c12)C1CC1. The number of aromatic nitrogens is 5. The van der Waals surface area contributed by atoms with Gasteiger partial charge in [-0.1, -0.05) is 0 Å². The molecule has 0 aliphatic heterocycles. The minimum Gasteiger partial charge on any atom is -0.349 e. The van der Waals surface area contributed by atoms with E-state index >= 15 is 4.39 Å². The molecule has 2 saturated carbocycles. The fraction of sp³-hybridized carbons (Fsp3) is 0.375. The Labute approximate surface area is 206 Å². The highest BCUT2D eigenvalue weighted by molar-refractivity contribution is 5.98. The van der Waals surface area contributed by atoms with Gasteiger partial charge in [-0.3, -0.25) is 19.7 Å². The standard InChI is InChI=1S/C24H21F4N7O2/c1-9(36)31-21(10-2-3-10)19-20(26)18(23(27)28)17(12-5-30-34-22(12)19)14-7-35-8-15(32-16(35)6-29-14)33-24(37)11-4-13(11)25/h5-8,10-11,13,21,23H,2-4H2,1H3,(H,30,34)(H,31,36)(H,33,37). The molecule has 0 bridgehead atoms. The Balaban J connectivity index is 1.47. The number of carbonyl (C=O) groups excluding carboxylic acids is 2. The van der Waals surface area contributed by atoms with Crippen molar-refractivity contribution in [3.8, 4) is 11.3 Å². The fourth-order valence-electron chi connectivity index (χ4n) is 4.78. The number of rotatable bonds is 7. The quantitative estimate of drug-likeness (QED) is 0.319. The van der Waals surface area contributed by atoms with E-state index in [4.69, 9.17) is 0 Å². The third-order valence-electron chi connectivity index (χ3n) is 6.80. The van der Waals surface area contributed by atoms with Crippen molar-refractivity contribution >= 4 is 34.2 Å². The van der Waals surface area contributed by atoms with E-state index in [1.807, 2.05) is 0 Å². The van der Waals surface area contributed by atoms with Crippen molar-refractivity contribution in [2.75, 3.05) is 5.32 Å². The topological polar surface area (TPSA) is 117 Å². The van der Waals surface area contributed by atoms with Crippen LogP contribution in [0, 0.1) is 17.7 Å². The van der Waals surface area contributed by atoms with Crippen LogP contribution >= 0.6 is 0 Å². The second-order valence-electron chi connectivity index (χ2n) is 9.50. The van der Waals surface area contributed by atoms with Crippen molar-refractivity contribution in [1.82, 2.24) is 29.9 Å². The summed E-state index contributed by atoms with van der Waals surface area (Å²) in [6.07, 6.45) is 2.73. The molecule has 192 valence electrons. The molecule has 37 heavy (non-hydrogen) atoms. The second kappa shape index (κ2) is 8.53. The number of nitrogens with one attached hydrogen (secondary N) is 3. The number of amides is 2. The molecule has 2 aliphatic rings. The number of anilines is 1. The van der Waals surface area contributed by atoms with E-state index in [9.17, 15) is 22.8 Å². The summed E-state index contributed by atoms with van der Waals surface area (Å²) in [7, 11) is 0. The molecule has 3 unspecified atom stereocenters. The number of hydrogen-bond acceptors (Lipinski definition) is 5. The van der Waals surface area contributed by atoms with Crippen molar-refractivity contribution in [3.05, 3.63) is 41.7 Å². The molecule has 0 radical (unpaired) electrons. The third kappa shape index (κ3) is 4.07. The molecule has 3 aromatic heterocycles. The van der Waals surface area contributed by atoms with E-state index in [-0.39, 0.29) is 45.9 Å². The number of aromatic amines is 1. The van der Waals surface area contributed by atoms with E-state index in [1.165, 1.54) is 36.1 Å². The average Bonchev–Trinajstić information content (AvgIpc) is 3.72. The number of H-pyrrole nitrogens is 1. The summed E-state index contributed by atoms with van der Waals surface area (Å²) in [6.45, 7) is 1.29. The van der Waals surface area contributed by atoms with Crippen LogP contribution in [0.4, 0.5) is 23.4 Å². The summed E-state index contributed by atoms with van der Waals surface area (Å²) in [5, 5.41) is 12.2. The molecule has 3 atom stereocenters. The van der Waals surface area contributed by atoms with Gasteiger partial charge in [0.2, 0.25) is 11.8 Å². The molecule has 3 heterocycles. The lowest BCUT2D eigenvalue weighted by Gasteiger charge is -2.22. The van der Waals surface area contributed by atoms with E-state index in [0.717, 1.165) is 12.8 Å². The largest absolute Gasteiger partial charge is 0.349 e. The van der Waals surface area contributed by atoms with Crippen LogP contribution in [0.5, 0.6) is 0 Å². The van der Waals surface area contributed by atoms with Crippen LogP contribution in [0.2, 0.25) is 0 Å². The second-order valence-corrected chi connectivity index (χ2v) is 9.50. The summed E-state index contributed by atoms with van der Waals surface area (Å²) in [6, 6.07) is -0.780. The van der Waals surface area contributed by atoms with Gasteiger partial charge in [-0.2, -0.15) is 5.10 Å². The highest BCUT2D eigenvalue weighted by Crippen LogP contribution is 2.47. The summed E-state index contributed by atoms with van der Waals surface area (Å²) in [5.41, 5.74) is -0.508. The highest BCUT2D eigenvalue weighted by atomic mass is 19.3. The summed E-state index contributed by atoms with van der Waals surface area (Å²) in [4.78, 5) is 32.3. The molecule has 3 N–H and O–H groups in total. The van der Waals surface area contributed by atoms with E-state index < -0.39 is 47.8 Å². The van der Waals surface area contributed by atoms with Gasteiger partial charge in [0.1, 0.15) is 12.0 Å². The lowest BCUT2D eigenvalue weighted by Crippen LogP contribution is -2.29. The summed E-state index contributed by atoms with van der Waals surface area (Å²) >= 11 is 0. The number of hydrogen-bond donors (Lipinski definition) is 3. The Kier molecular flexibility index (Phi) is 5.39. The minimum atomic E-state index is -3.19. The number of nitrogens with zero attached hydrogens (tertiary/aromatic N) is 4. The van der Waals surface area contributed by atoms with Crippen LogP contribution < -0.4 is 10.6 Å². The van der Waals surface area contributed by atoms with E-state index in [2.05, 4.69) is 30.8 Å². The van der Waals surface area contributed by atoms with Crippen molar-refractivity contribution < 1.29 is 27.2 Å². The smallest absolute Gasteiger partial charge is 0.267 e. The van der Waals surface area contributed by atoms with Crippen LogP contribution in [0.25, 0.3) is 27.8 Å². The van der Waals surface area contributed by atoms with Gasteiger partial charge in [0, 0.05) is 29.6 Å².